The lowest BCUT2D eigenvalue weighted by atomic mass is 10.1. The van der Waals surface area contributed by atoms with Gasteiger partial charge in [0.25, 0.3) is 0 Å². The number of nitrogens with one attached hydrogen (secondary N) is 2. The van der Waals surface area contributed by atoms with Crippen LogP contribution in [0.15, 0.2) is 36.9 Å². The predicted molar refractivity (Wildman–Crippen MR) is 74.2 cm³/mol. The number of amides is 2. The smallest absolute Gasteiger partial charge is 0.319 e. The summed E-state index contributed by atoms with van der Waals surface area (Å²) in [6.07, 6.45) is 2.97. The highest BCUT2D eigenvalue weighted by Crippen LogP contribution is 2.12. The first-order valence-electron chi connectivity index (χ1n) is 6.08. The second kappa shape index (κ2) is 7.92. The van der Waals surface area contributed by atoms with Gasteiger partial charge in [-0.1, -0.05) is 18.2 Å². The number of anilines is 1. The highest BCUT2D eigenvalue weighted by molar-refractivity contribution is 5.89. The number of carbonyl (C=O) groups is 2. The van der Waals surface area contributed by atoms with Gasteiger partial charge in [0.15, 0.2) is 0 Å². The minimum atomic E-state index is -0.833. The molecule has 0 fully saturated rings. The zero-order valence-electron chi connectivity index (χ0n) is 10.7. The maximum Gasteiger partial charge on any atom is 0.319 e. The van der Waals surface area contributed by atoms with E-state index in [2.05, 4.69) is 17.2 Å². The SMILES string of the molecule is C=CCCNC(=O)Nc1cccc(CCC(=O)O)c1. The number of aryl methyl sites for hydroxylation is 1. The molecule has 0 aliphatic rings. The number of benzene rings is 1. The fraction of sp³-hybridized carbons (Fsp3) is 0.286. The Labute approximate surface area is 112 Å². The molecule has 0 spiro atoms. The van der Waals surface area contributed by atoms with Gasteiger partial charge in [0.1, 0.15) is 0 Å². The molecular weight excluding hydrogens is 244 g/mol. The molecule has 1 rings (SSSR count). The highest BCUT2D eigenvalue weighted by Gasteiger charge is 2.03. The van der Waals surface area contributed by atoms with Crippen LogP contribution in [0.3, 0.4) is 0 Å². The third-order valence-corrected chi connectivity index (χ3v) is 2.45. The van der Waals surface area contributed by atoms with Crippen molar-refractivity contribution in [3.05, 3.63) is 42.5 Å². The number of carboxylic acid groups (broad SMARTS) is 1. The first-order chi connectivity index (χ1) is 9.11. The summed E-state index contributed by atoms with van der Waals surface area (Å²) in [7, 11) is 0. The van der Waals surface area contributed by atoms with Crippen molar-refractivity contribution in [3.63, 3.8) is 0 Å². The van der Waals surface area contributed by atoms with Gasteiger partial charge in [-0.25, -0.2) is 4.79 Å². The summed E-state index contributed by atoms with van der Waals surface area (Å²) in [5, 5.41) is 14.0. The summed E-state index contributed by atoms with van der Waals surface area (Å²) in [5.41, 5.74) is 1.53. The van der Waals surface area contributed by atoms with E-state index in [9.17, 15) is 9.59 Å². The van der Waals surface area contributed by atoms with E-state index < -0.39 is 5.97 Å². The molecule has 3 N–H and O–H groups in total. The van der Waals surface area contributed by atoms with E-state index in [-0.39, 0.29) is 12.5 Å². The zero-order valence-corrected chi connectivity index (χ0v) is 10.7. The molecule has 19 heavy (non-hydrogen) atoms. The number of carboxylic acids is 1. The molecule has 0 radical (unpaired) electrons. The maximum atomic E-state index is 11.5. The van der Waals surface area contributed by atoms with Gasteiger partial charge >= 0.3 is 12.0 Å². The molecule has 0 heterocycles. The summed E-state index contributed by atoms with van der Waals surface area (Å²) in [6.45, 7) is 4.10. The number of hydrogen-bond acceptors (Lipinski definition) is 2. The van der Waals surface area contributed by atoms with Crippen molar-refractivity contribution in [1.82, 2.24) is 5.32 Å². The van der Waals surface area contributed by atoms with Crippen LogP contribution in [-0.4, -0.2) is 23.7 Å². The van der Waals surface area contributed by atoms with E-state index in [1.165, 1.54) is 0 Å². The van der Waals surface area contributed by atoms with Crippen LogP contribution in [0.4, 0.5) is 10.5 Å². The van der Waals surface area contributed by atoms with Crippen LogP contribution in [0.5, 0.6) is 0 Å². The molecule has 0 bridgehead atoms. The van der Waals surface area contributed by atoms with Crippen LogP contribution in [0.2, 0.25) is 0 Å². The average molecular weight is 262 g/mol. The van der Waals surface area contributed by atoms with Gasteiger partial charge < -0.3 is 15.7 Å². The minimum absolute atomic E-state index is 0.0784. The summed E-state index contributed by atoms with van der Waals surface area (Å²) in [6, 6.07) is 6.88. The van der Waals surface area contributed by atoms with E-state index >= 15 is 0 Å². The molecule has 2 amide bonds. The Morgan fingerprint density at radius 3 is 2.84 bits per heavy atom. The van der Waals surface area contributed by atoms with Crippen molar-refractivity contribution in [3.8, 4) is 0 Å². The largest absolute Gasteiger partial charge is 0.481 e. The van der Waals surface area contributed by atoms with Crippen LogP contribution in [0.25, 0.3) is 0 Å². The number of hydrogen-bond donors (Lipinski definition) is 3. The number of rotatable bonds is 7. The first kappa shape index (κ1) is 14.8. The number of aliphatic carboxylic acids is 1. The van der Waals surface area contributed by atoms with Crippen LogP contribution in [0, 0.1) is 0 Å². The lowest BCUT2D eigenvalue weighted by Gasteiger charge is -2.08. The molecular formula is C14H18N2O3. The molecule has 5 nitrogen and oxygen atoms in total. The van der Waals surface area contributed by atoms with Crippen LogP contribution >= 0.6 is 0 Å². The van der Waals surface area contributed by atoms with E-state index in [0.717, 1.165) is 5.56 Å². The van der Waals surface area contributed by atoms with E-state index in [0.29, 0.717) is 25.1 Å². The maximum absolute atomic E-state index is 11.5. The minimum Gasteiger partial charge on any atom is -0.481 e. The summed E-state index contributed by atoms with van der Waals surface area (Å²) >= 11 is 0. The van der Waals surface area contributed by atoms with Gasteiger partial charge in [0, 0.05) is 18.7 Å². The van der Waals surface area contributed by atoms with E-state index in [1.54, 1.807) is 24.3 Å². The fourth-order valence-electron chi connectivity index (χ4n) is 1.52. The molecule has 0 saturated heterocycles. The number of urea groups is 1. The summed E-state index contributed by atoms with van der Waals surface area (Å²) in [5.74, 6) is -0.833. The average Bonchev–Trinajstić information content (AvgIpc) is 2.37. The predicted octanol–water partition coefficient (Wildman–Crippen LogP) is 2.40. The topological polar surface area (TPSA) is 78.4 Å². The van der Waals surface area contributed by atoms with Gasteiger partial charge in [-0.05, 0) is 30.5 Å². The summed E-state index contributed by atoms with van der Waals surface area (Å²) < 4.78 is 0. The normalized spacial score (nSPS) is 9.68. The monoisotopic (exact) mass is 262 g/mol. The lowest BCUT2D eigenvalue weighted by Crippen LogP contribution is -2.29. The zero-order chi connectivity index (χ0) is 14.1. The molecule has 1 aromatic carbocycles. The van der Waals surface area contributed by atoms with Crippen molar-refractivity contribution in [2.75, 3.05) is 11.9 Å². The second-order valence-corrected chi connectivity index (χ2v) is 4.05. The van der Waals surface area contributed by atoms with Crippen LogP contribution in [-0.2, 0) is 11.2 Å². The van der Waals surface area contributed by atoms with Gasteiger partial charge in [0.05, 0.1) is 0 Å². The molecule has 1 aromatic rings. The van der Waals surface area contributed by atoms with Crippen molar-refractivity contribution in [2.45, 2.75) is 19.3 Å². The van der Waals surface area contributed by atoms with Crippen molar-refractivity contribution in [1.29, 1.82) is 0 Å². The molecule has 0 aliphatic heterocycles. The standard InChI is InChI=1S/C14H18N2O3/c1-2-3-9-15-14(19)16-12-6-4-5-11(10-12)7-8-13(17)18/h2,4-6,10H,1,3,7-9H2,(H,17,18)(H2,15,16,19). The Morgan fingerprint density at radius 2 is 2.16 bits per heavy atom. The Balaban J connectivity index is 2.49. The Morgan fingerprint density at radius 1 is 1.37 bits per heavy atom. The Kier molecular flexibility index (Phi) is 6.15. The quantitative estimate of drug-likeness (QED) is 0.521. The van der Waals surface area contributed by atoms with Gasteiger partial charge in [-0.3, -0.25) is 4.79 Å². The Hall–Kier alpha value is -2.30. The molecule has 5 heteroatoms. The second-order valence-electron chi connectivity index (χ2n) is 4.05. The molecule has 102 valence electrons. The van der Waals surface area contributed by atoms with E-state index in [4.69, 9.17) is 5.11 Å². The highest BCUT2D eigenvalue weighted by atomic mass is 16.4. The first-order valence-corrected chi connectivity index (χ1v) is 6.08. The Bertz CT molecular complexity index is 458. The number of carbonyl (C=O) groups excluding carboxylic acids is 1. The molecule has 0 atom stereocenters. The molecule has 0 aliphatic carbocycles. The lowest BCUT2D eigenvalue weighted by molar-refractivity contribution is -0.136. The third-order valence-electron chi connectivity index (χ3n) is 2.45. The fourth-order valence-corrected chi connectivity index (χ4v) is 1.52. The third kappa shape index (κ3) is 6.26. The molecule has 0 unspecified atom stereocenters. The van der Waals surface area contributed by atoms with Crippen LogP contribution in [0.1, 0.15) is 18.4 Å². The van der Waals surface area contributed by atoms with Gasteiger partial charge in [-0.15, -0.1) is 6.58 Å². The van der Waals surface area contributed by atoms with Crippen molar-refractivity contribution in [2.24, 2.45) is 0 Å². The van der Waals surface area contributed by atoms with Gasteiger partial charge in [0.2, 0.25) is 0 Å². The van der Waals surface area contributed by atoms with Crippen LogP contribution < -0.4 is 10.6 Å². The van der Waals surface area contributed by atoms with Crippen molar-refractivity contribution < 1.29 is 14.7 Å². The molecule has 0 aromatic heterocycles. The van der Waals surface area contributed by atoms with Gasteiger partial charge in [-0.2, -0.15) is 0 Å². The molecule has 0 saturated carbocycles. The summed E-state index contributed by atoms with van der Waals surface area (Å²) in [4.78, 5) is 22.0. The van der Waals surface area contributed by atoms with Crippen molar-refractivity contribution >= 4 is 17.7 Å². The van der Waals surface area contributed by atoms with E-state index in [1.807, 2.05) is 6.07 Å².